The molecule has 0 saturated carbocycles. The average Bonchev–Trinajstić information content (AvgIpc) is 3.18. The zero-order valence-electron chi connectivity index (χ0n) is 16.7. The van der Waals surface area contributed by atoms with Gasteiger partial charge < -0.3 is 15.5 Å². The van der Waals surface area contributed by atoms with E-state index >= 15 is 0 Å². The highest BCUT2D eigenvalue weighted by Gasteiger charge is 2.12. The van der Waals surface area contributed by atoms with Crippen LogP contribution in [0.5, 0.6) is 0 Å². The summed E-state index contributed by atoms with van der Waals surface area (Å²) in [5.41, 5.74) is 2.82. The minimum Gasteiger partial charge on any atom is -0.340 e. The number of carbonyl (C=O) groups excluding carboxylic acids is 2. The third-order valence-corrected chi connectivity index (χ3v) is 4.49. The first-order valence-corrected chi connectivity index (χ1v) is 9.55. The van der Waals surface area contributed by atoms with Crippen LogP contribution < -0.4 is 10.6 Å². The Morgan fingerprint density at radius 3 is 2.47 bits per heavy atom. The summed E-state index contributed by atoms with van der Waals surface area (Å²) in [5.74, 6) is -0.551. The molecule has 3 aromatic rings. The van der Waals surface area contributed by atoms with Crippen LogP contribution in [-0.4, -0.2) is 40.2 Å². The van der Waals surface area contributed by atoms with E-state index in [-0.39, 0.29) is 24.8 Å². The molecular weight excluding hydrogens is 385 g/mol. The van der Waals surface area contributed by atoms with Crippen molar-refractivity contribution in [3.8, 4) is 0 Å². The standard InChI is InChI=1S/C22H24FN5O2/c1-27(14-19-12-26-28(16-19)15-18-5-3-2-4-6-18)21(29)13-25-22(30)24-11-17-7-9-20(23)10-8-17/h2-10,12,16H,11,13-15H2,1H3,(H2,24,25,30). The lowest BCUT2D eigenvalue weighted by molar-refractivity contribution is -0.129. The van der Waals surface area contributed by atoms with Gasteiger partial charge in [0.25, 0.3) is 0 Å². The largest absolute Gasteiger partial charge is 0.340 e. The van der Waals surface area contributed by atoms with Crippen LogP contribution in [0.4, 0.5) is 9.18 Å². The maximum absolute atomic E-state index is 12.9. The Hall–Kier alpha value is -3.68. The zero-order chi connectivity index (χ0) is 21.3. The minimum absolute atomic E-state index is 0.121. The second-order valence-corrected chi connectivity index (χ2v) is 6.94. The van der Waals surface area contributed by atoms with Gasteiger partial charge in [-0.2, -0.15) is 5.10 Å². The lowest BCUT2D eigenvalue weighted by atomic mass is 10.2. The molecule has 2 N–H and O–H groups in total. The molecule has 0 aliphatic carbocycles. The van der Waals surface area contributed by atoms with Crippen LogP contribution in [0.2, 0.25) is 0 Å². The number of benzene rings is 2. The summed E-state index contributed by atoms with van der Waals surface area (Å²) < 4.78 is 14.7. The summed E-state index contributed by atoms with van der Waals surface area (Å²) in [6.45, 7) is 1.18. The number of carbonyl (C=O) groups is 2. The summed E-state index contributed by atoms with van der Waals surface area (Å²) in [5, 5.41) is 9.50. The van der Waals surface area contributed by atoms with Crippen LogP contribution in [0.25, 0.3) is 0 Å². The molecule has 0 spiro atoms. The Bertz CT molecular complexity index is 973. The number of nitrogens with zero attached hydrogens (tertiary/aromatic N) is 3. The molecule has 156 valence electrons. The second-order valence-electron chi connectivity index (χ2n) is 6.94. The molecule has 0 atom stereocenters. The van der Waals surface area contributed by atoms with Gasteiger partial charge in [0.05, 0.1) is 19.3 Å². The van der Waals surface area contributed by atoms with Gasteiger partial charge >= 0.3 is 6.03 Å². The number of halogens is 1. The minimum atomic E-state index is -0.461. The Kier molecular flexibility index (Phi) is 7.15. The van der Waals surface area contributed by atoms with Gasteiger partial charge in [0.1, 0.15) is 5.82 Å². The molecule has 3 rings (SSSR count). The topological polar surface area (TPSA) is 79.3 Å². The van der Waals surface area contributed by atoms with E-state index in [2.05, 4.69) is 15.7 Å². The van der Waals surface area contributed by atoms with E-state index in [0.717, 1.165) is 16.7 Å². The van der Waals surface area contributed by atoms with Gasteiger partial charge in [-0.3, -0.25) is 9.48 Å². The van der Waals surface area contributed by atoms with Gasteiger partial charge in [-0.1, -0.05) is 42.5 Å². The van der Waals surface area contributed by atoms with Crippen molar-refractivity contribution in [1.82, 2.24) is 25.3 Å². The number of hydrogen-bond donors (Lipinski definition) is 2. The number of nitrogens with one attached hydrogen (secondary N) is 2. The summed E-state index contributed by atoms with van der Waals surface area (Å²) in [4.78, 5) is 25.7. The van der Waals surface area contributed by atoms with Gasteiger partial charge in [0.2, 0.25) is 5.91 Å². The fourth-order valence-electron chi connectivity index (χ4n) is 2.84. The van der Waals surface area contributed by atoms with E-state index < -0.39 is 6.03 Å². The van der Waals surface area contributed by atoms with E-state index in [1.807, 2.05) is 41.2 Å². The summed E-state index contributed by atoms with van der Waals surface area (Å²) in [6.07, 6.45) is 3.63. The number of aromatic nitrogens is 2. The first-order chi connectivity index (χ1) is 14.5. The van der Waals surface area contributed by atoms with Gasteiger partial charge in [0, 0.05) is 31.9 Å². The van der Waals surface area contributed by atoms with Crippen molar-refractivity contribution in [2.45, 2.75) is 19.6 Å². The Morgan fingerprint density at radius 1 is 1.00 bits per heavy atom. The SMILES string of the molecule is CN(Cc1cnn(Cc2ccccc2)c1)C(=O)CNC(=O)NCc1ccc(F)cc1. The van der Waals surface area contributed by atoms with Crippen molar-refractivity contribution in [1.29, 1.82) is 0 Å². The number of urea groups is 1. The molecule has 0 saturated heterocycles. The van der Waals surface area contributed by atoms with Crippen molar-refractivity contribution in [3.05, 3.63) is 89.5 Å². The van der Waals surface area contributed by atoms with E-state index in [1.54, 1.807) is 25.4 Å². The molecule has 0 aliphatic rings. The van der Waals surface area contributed by atoms with Crippen molar-refractivity contribution >= 4 is 11.9 Å². The molecule has 8 heteroatoms. The van der Waals surface area contributed by atoms with Gasteiger partial charge in [-0.15, -0.1) is 0 Å². The average molecular weight is 409 g/mol. The van der Waals surface area contributed by atoms with E-state index in [0.29, 0.717) is 13.1 Å². The summed E-state index contributed by atoms with van der Waals surface area (Å²) in [7, 11) is 1.68. The highest BCUT2D eigenvalue weighted by atomic mass is 19.1. The first-order valence-electron chi connectivity index (χ1n) is 9.55. The Morgan fingerprint density at radius 2 is 1.73 bits per heavy atom. The molecule has 0 bridgehead atoms. The van der Waals surface area contributed by atoms with Crippen molar-refractivity contribution in [3.63, 3.8) is 0 Å². The third kappa shape index (κ3) is 6.44. The lowest BCUT2D eigenvalue weighted by Crippen LogP contribution is -2.42. The number of likely N-dealkylation sites (N-methyl/N-ethyl adjacent to an activating group) is 1. The van der Waals surface area contributed by atoms with Crippen molar-refractivity contribution in [2.24, 2.45) is 0 Å². The third-order valence-electron chi connectivity index (χ3n) is 4.49. The van der Waals surface area contributed by atoms with Crippen molar-refractivity contribution in [2.75, 3.05) is 13.6 Å². The molecular formula is C22H24FN5O2. The maximum atomic E-state index is 12.9. The van der Waals surface area contributed by atoms with Crippen molar-refractivity contribution < 1.29 is 14.0 Å². The molecule has 1 aromatic heterocycles. The van der Waals surface area contributed by atoms with E-state index in [4.69, 9.17) is 0 Å². The molecule has 0 aliphatic heterocycles. The highest BCUT2D eigenvalue weighted by molar-refractivity contribution is 5.83. The maximum Gasteiger partial charge on any atom is 0.315 e. The molecule has 1 heterocycles. The molecule has 0 radical (unpaired) electrons. The number of rotatable bonds is 8. The van der Waals surface area contributed by atoms with Crippen LogP contribution in [0.3, 0.4) is 0 Å². The Labute approximate surface area is 174 Å². The summed E-state index contributed by atoms with van der Waals surface area (Å²) in [6, 6.07) is 15.4. The van der Waals surface area contributed by atoms with Gasteiger partial charge in [-0.05, 0) is 23.3 Å². The van der Waals surface area contributed by atoms with Crippen LogP contribution in [0.15, 0.2) is 67.0 Å². The normalized spacial score (nSPS) is 10.5. The summed E-state index contributed by atoms with van der Waals surface area (Å²) >= 11 is 0. The predicted molar refractivity (Wildman–Crippen MR) is 111 cm³/mol. The van der Waals surface area contributed by atoms with Gasteiger partial charge in [0.15, 0.2) is 0 Å². The number of hydrogen-bond acceptors (Lipinski definition) is 3. The Balaban J connectivity index is 1.40. The lowest BCUT2D eigenvalue weighted by Gasteiger charge is -2.16. The molecule has 2 aromatic carbocycles. The van der Waals surface area contributed by atoms with Crippen LogP contribution in [0, 0.1) is 5.82 Å². The van der Waals surface area contributed by atoms with Crippen LogP contribution in [-0.2, 0) is 24.4 Å². The van der Waals surface area contributed by atoms with E-state index in [1.165, 1.54) is 17.0 Å². The molecule has 3 amide bonds. The van der Waals surface area contributed by atoms with Crippen LogP contribution in [0.1, 0.15) is 16.7 Å². The quantitative estimate of drug-likeness (QED) is 0.600. The molecule has 30 heavy (non-hydrogen) atoms. The highest BCUT2D eigenvalue weighted by Crippen LogP contribution is 2.06. The monoisotopic (exact) mass is 409 g/mol. The van der Waals surface area contributed by atoms with Crippen LogP contribution >= 0.6 is 0 Å². The molecule has 7 nitrogen and oxygen atoms in total. The van der Waals surface area contributed by atoms with E-state index in [9.17, 15) is 14.0 Å². The second kappa shape index (κ2) is 10.2. The predicted octanol–water partition coefficient (Wildman–Crippen LogP) is 2.53. The number of amides is 3. The molecule has 0 unspecified atom stereocenters. The zero-order valence-corrected chi connectivity index (χ0v) is 16.7. The molecule has 0 fully saturated rings. The smallest absolute Gasteiger partial charge is 0.315 e. The fraction of sp³-hybridized carbons (Fsp3) is 0.227. The van der Waals surface area contributed by atoms with Gasteiger partial charge in [-0.25, -0.2) is 9.18 Å². The first kappa shape index (κ1) is 21.0. The fourth-order valence-corrected chi connectivity index (χ4v) is 2.84.